The molecule has 3 N–H and O–H groups in total. The van der Waals surface area contributed by atoms with Gasteiger partial charge in [-0.2, -0.15) is 4.83 Å². The van der Waals surface area contributed by atoms with Crippen molar-refractivity contribution in [1.82, 2.24) is 4.83 Å². The first-order valence-corrected chi connectivity index (χ1v) is 11.1. The van der Waals surface area contributed by atoms with Crippen LogP contribution in [0.2, 0.25) is 0 Å². The lowest BCUT2D eigenvalue weighted by Crippen LogP contribution is -2.32. The Kier molecular flexibility index (Phi) is 8.18. The summed E-state index contributed by atoms with van der Waals surface area (Å²) in [5, 5.41) is 0. The van der Waals surface area contributed by atoms with Crippen molar-refractivity contribution in [2.45, 2.75) is 50.3 Å². The van der Waals surface area contributed by atoms with Crippen molar-refractivity contribution >= 4 is 19.9 Å². The van der Waals surface area contributed by atoms with Gasteiger partial charge in [0.2, 0.25) is 10.0 Å². The first-order valence-electron chi connectivity index (χ1n) is 7.76. The van der Waals surface area contributed by atoms with Crippen LogP contribution in [-0.4, -0.2) is 28.3 Å². The summed E-state index contributed by atoms with van der Waals surface area (Å²) in [6.45, 7) is 1.92. The maximum atomic E-state index is 12.1. The topological polar surface area (TPSA) is 106 Å². The molecule has 1 aromatic rings. The number of hydrogen-bond donors (Lipinski definition) is 2. The lowest BCUT2D eigenvalue weighted by atomic mass is 10.1. The van der Waals surface area contributed by atoms with Crippen LogP contribution < -0.4 is 10.7 Å². The number of hydrazine groups is 1. The van der Waals surface area contributed by atoms with Crippen molar-refractivity contribution in [2.24, 2.45) is 5.84 Å². The van der Waals surface area contributed by atoms with Crippen molar-refractivity contribution in [3.8, 4) is 0 Å². The van der Waals surface area contributed by atoms with Crippen molar-refractivity contribution in [3.63, 3.8) is 0 Å². The van der Waals surface area contributed by atoms with Gasteiger partial charge in [-0.1, -0.05) is 43.4 Å². The fourth-order valence-electron chi connectivity index (χ4n) is 2.21. The number of sulfone groups is 1. The number of unbranched alkanes of at least 4 members (excludes halogenated alkanes) is 5. The normalized spacial score (nSPS) is 12.4. The number of hydrogen-bond acceptors (Lipinski definition) is 5. The molecule has 8 heteroatoms. The minimum absolute atomic E-state index is 0.0330. The van der Waals surface area contributed by atoms with Crippen LogP contribution >= 0.6 is 0 Å². The molecule has 0 amide bonds. The van der Waals surface area contributed by atoms with Crippen LogP contribution in [0.25, 0.3) is 0 Å². The molecular formula is C15H26N2O4S2. The van der Waals surface area contributed by atoms with Gasteiger partial charge in [-0.05, 0) is 31.9 Å². The second kappa shape index (κ2) is 9.36. The predicted octanol–water partition coefficient (Wildman–Crippen LogP) is 1.90. The van der Waals surface area contributed by atoms with E-state index >= 15 is 0 Å². The molecule has 23 heavy (non-hydrogen) atoms. The summed E-state index contributed by atoms with van der Waals surface area (Å²) in [5.41, 5.74) is 1.04. The molecule has 1 rings (SSSR count). The van der Waals surface area contributed by atoms with Gasteiger partial charge >= 0.3 is 0 Å². The molecule has 0 aliphatic carbocycles. The summed E-state index contributed by atoms with van der Waals surface area (Å²) in [6, 6.07) is 6.90. The van der Waals surface area contributed by atoms with E-state index in [-0.39, 0.29) is 11.5 Å². The van der Waals surface area contributed by atoms with E-state index in [0.717, 1.165) is 31.2 Å². The van der Waals surface area contributed by atoms with Crippen LogP contribution in [0.3, 0.4) is 0 Å². The maximum Gasteiger partial charge on any atom is 0.224 e. The monoisotopic (exact) mass is 362 g/mol. The van der Waals surface area contributed by atoms with E-state index in [1.165, 1.54) is 0 Å². The number of rotatable bonds is 11. The van der Waals surface area contributed by atoms with Gasteiger partial charge in [0.1, 0.15) is 0 Å². The Bertz CT molecular complexity index is 668. The highest BCUT2D eigenvalue weighted by Gasteiger charge is 2.13. The van der Waals surface area contributed by atoms with E-state index in [9.17, 15) is 16.8 Å². The average molecular weight is 363 g/mol. The molecule has 0 bridgehead atoms. The lowest BCUT2D eigenvalue weighted by Gasteiger charge is -2.05. The molecule has 0 saturated carbocycles. The Morgan fingerprint density at radius 3 is 1.83 bits per heavy atom. The van der Waals surface area contributed by atoms with Gasteiger partial charge in [0.15, 0.2) is 9.84 Å². The molecule has 0 fully saturated rings. The predicted molar refractivity (Wildman–Crippen MR) is 92.0 cm³/mol. The number of aryl methyl sites for hydroxylation is 1. The van der Waals surface area contributed by atoms with Crippen LogP contribution in [0.5, 0.6) is 0 Å². The first-order chi connectivity index (χ1) is 10.8. The zero-order chi connectivity index (χ0) is 17.3. The van der Waals surface area contributed by atoms with Gasteiger partial charge in [0.25, 0.3) is 0 Å². The number of nitrogens with two attached hydrogens (primary N) is 1. The third-order valence-electron chi connectivity index (χ3n) is 3.64. The fourth-order valence-corrected chi connectivity index (χ4v) is 4.29. The summed E-state index contributed by atoms with van der Waals surface area (Å²) in [7, 11) is -6.52. The Morgan fingerprint density at radius 1 is 0.826 bits per heavy atom. The van der Waals surface area contributed by atoms with Crippen molar-refractivity contribution in [2.75, 3.05) is 11.5 Å². The van der Waals surface area contributed by atoms with E-state index in [1.807, 2.05) is 6.92 Å². The Morgan fingerprint density at radius 2 is 1.30 bits per heavy atom. The smallest absolute Gasteiger partial charge is 0.224 e. The third-order valence-corrected chi connectivity index (χ3v) is 6.64. The third kappa shape index (κ3) is 7.92. The zero-order valence-electron chi connectivity index (χ0n) is 13.5. The molecule has 0 unspecified atom stereocenters. The van der Waals surface area contributed by atoms with Gasteiger partial charge in [-0.3, -0.25) is 5.84 Å². The standard InChI is InChI=1S/C15H26N2O4S2/c1-14-8-10-15(11-9-14)22(18,19)12-6-4-2-3-5-7-13-23(20,21)17-16/h8-11,17H,2-7,12-13,16H2,1H3. The van der Waals surface area contributed by atoms with Crippen LogP contribution in [0, 0.1) is 6.92 Å². The quantitative estimate of drug-likeness (QED) is 0.355. The molecule has 0 heterocycles. The Hall–Kier alpha value is -0.960. The van der Waals surface area contributed by atoms with Gasteiger partial charge in [-0.15, -0.1) is 0 Å². The van der Waals surface area contributed by atoms with Crippen molar-refractivity contribution in [1.29, 1.82) is 0 Å². The van der Waals surface area contributed by atoms with Gasteiger partial charge < -0.3 is 0 Å². The Balaban J connectivity index is 2.18. The highest BCUT2D eigenvalue weighted by molar-refractivity contribution is 7.91. The van der Waals surface area contributed by atoms with E-state index in [0.29, 0.717) is 17.7 Å². The summed E-state index contributed by atoms with van der Waals surface area (Å²) in [6.07, 6.45) is 4.61. The van der Waals surface area contributed by atoms with Gasteiger partial charge in [0.05, 0.1) is 16.4 Å². The molecule has 1 aromatic carbocycles. The molecule has 0 spiro atoms. The lowest BCUT2D eigenvalue weighted by molar-refractivity contribution is 0.569. The van der Waals surface area contributed by atoms with Crippen molar-refractivity contribution in [3.05, 3.63) is 29.8 Å². The highest BCUT2D eigenvalue weighted by Crippen LogP contribution is 2.15. The van der Waals surface area contributed by atoms with Gasteiger partial charge in [-0.25, -0.2) is 16.8 Å². The molecule has 0 aliphatic rings. The summed E-state index contributed by atoms with van der Waals surface area (Å²) in [4.78, 5) is 2.17. The Labute approximate surface area is 139 Å². The molecule has 132 valence electrons. The molecule has 0 atom stereocenters. The molecule has 0 saturated heterocycles. The molecule has 0 aliphatic heterocycles. The van der Waals surface area contributed by atoms with Crippen LogP contribution in [0.1, 0.15) is 44.1 Å². The highest BCUT2D eigenvalue weighted by atomic mass is 32.2. The van der Waals surface area contributed by atoms with Crippen LogP contribution in [-0.2, 0) is 19.9 Å². The SMILES string of the molecule is Cc1ccc(S(=O)(=O)CCCCCCCCS(=O)(=O)NN)cc1. The second-order valence-electron chi connectivity index (χ2n) is 5.69. The maximum absolute atomic E-state index is 12.1. The van der Waals surface area contributed by atoms with E-state index < -0.39 is 19.9 Å². The second-order valence-corrected chi connectivity index (χ2v) is 9.67. The van der Waals surface area contributed by atoms with E-state index in [2.05, 4.69) is 0 Å². The summed E-state index contributed by atoms with van der Waals surface area (Å²) < 4.78 is 46.5. The van der Waals surface area contributed by atoms with Crippen LogP contribution in [0.15, 0.2) is 29.2 Å². The van der Waals surface area contributed by atoms with Gasteiger partial charge in [0, 0.05) is 0 Å². The number of sulfonamides is 1. The summed E-state index contributed by atoms with van der Waals surface area (Å²) >= 11 is 0. The van der Waals surface area contributed by atoms with E-state index in [1.54, 1.807) is 29.1 Å². The minimum atomic E-state index is -3.32. The number of benzene rings is 1. The first kappa shape index (κ1) is 20.1. The molecule has 0 radical (unpaired) electrons. The van der Waals surface area contributed by atoms with Crippen molar-refractivity contribution < 1.29 is 16.8 Å². The van der Waals surface area contributed by atoms with Crippen LogP contribution in [0.4, 0.5) is 0 Å². The largest absolute Gasteiger partial charge is 0.258 e. The molecule has 6 nitrogen and oxygen atoms in total. The average Bonchev–Trinajstić information content (AvgIpc) is 2.50. The fraction of sp³-hybridized carbons (Fsp3) is 0.600. The minimum Gasteiger partial charge on any atom is -0.258 e. The molecule has 0 aromatic heterocycles. The number of nitrogens with one attached hydrogen (secondary N) is 1. The van der Waals surface area contributed by atoms with E-state index in [4.69, 9.17) is 5.84 Å². The zero-order valence-corrected chi connectivity index (χ0v) is 15.1. The summed E-state index contributed by atoms with van der Waals surface area (Å²) in [5.74, 6) is 5.08. The molecular weight excluding hydrogens is 336 g/mol.